The molecule has 150 valence electrons. The van der Waals surface area contributed by atoms with Gasteiger partial charge in [-0.25, -0.2) is 8.42 Å². The zero-order valence-electron chi connectivity index (χ0n) is 15.4. The molecule has 0 aliphatic heterocycles. The van der Waals surface area contributed by atoms with Gasteiger partial charge in [-0.05, 0) is 37.3 Å². The van der Waals surface area contributed by atoms with E-state index in [1.165, 1.54) is 42.7 Å². The highest BCUT2D eigenvalue weighted by molar-refractivity contribution is 7.92. The SMILES string of the molecule is CCNC(=O)c1cc(NS(=O)(=O)c2ccccc2)ccc1Oc1cncc(Cl)c1. The molecule has 0 saturated heterocycles. The third kappa shape index (κ3) is 5.24. The van der Waals surface area contributed by atoms with Crippen molar-refractivity contribution in [3.63, 3.8) is 0 Å². The molecule has 0 spiro atoms. The van der Waals surface area contributed by atoms with Crippen molar-refractivity contribution < 1.29 is 17.9 Å². The van der Waals surface area contributed by atoms with Crippen LogP contribution in [-0.2, 0) is 10.0 Å². The number of benzene rings is 2. The molecule has 0 aliphatic rings. The van der Waals surface area contributed by atoms with Crippen LogP contribution >= 0.6 is 11.6 Å². The van der Waals surface area contributed by atoms with Gasteiger partial charge in [-0.1, -0.05) is 29.8 Å². The number of pyridine rings is 1. The maximum absolute atomic E-state index is 12.6. The Morgan fingerprint density at radius 1 is 1.10 bits per heavy atom. The van der Waals surface area contributed by atoms with Gasteiger partial charge in [0, 0.05) is 24.5 Å². The molecule has 2 aromatic carbocycles. The standard InChI is InChI=1S/C20H18ClN3O4S/c1-2-23-20(25)18-11-15(24-29(26,27)17-6-4-3-5-7-17)8-9-19(18)28-16-10-14(21)12-22-13-16/h3-13,24H,2H2,1H3,(H,23,25). The summed E-state index contributed by atoms with van der Waals surface area (Å²) in [4.78, 5) is 16.6. The maximum Gasteiger partial charge on any atom is 0.261 e. The lowest BCUT2D eigenvalue weighted by Gasteiger charge is -2.14. The monoisotopic (exact) mass is 431 g/mol. The zero-order chi connectivity index (χ0) is 20.9. The number of hydrogen-bond donors (Lipinski definition) is 2. The number of rotatable bonds is 7. The molecule has 2 N–H and O–H groups in total. The van der Waals surface area contributed by atoms with Crippen LogP contribution in [0.3, 0.4) is 0 Å². The van der Waals surface area contributed by atoms with E-state index < -0.39 is 15.9 Å². The van der Waals surface area contributed by atoms with Crippen LogP contribution in [0.25, 0.3) is 0 Å². The lowest BCUT2D eigenvalue weighted by Crippen LogP contribution is -2.23. The van der Waals surface area contributed by atoms with E-state index in [2.05, 4.69) is 15.0 Å². The van der Waals surface area contributed by atoms with Gasteiger partial charge in [0.05, 0.1) is 21.7 Å². The van der Waals surface area contributed by atoms with Crippen LogP contribution in [0.5, 0.6) is 11.5 Å². The van der Waals surface area contributed by atoms with E-state index in [0.717, 1.165) is 0 Å². The van der Waals surface area contributed by atoms with Crippen LogP contribution in [0, 0.1) is 0 Å². The number of carbonyl (C=O) groups excluding carboxylic acids is 1. The van der Waals surface area contributed by atoms with Crippen LogP contribution < -0.4 is 14.8 Å². The normalized spacial score (nSPS) is 11.0. The van der Waals surface area contributed by atoms with Crippen LogP contribution in [0.2, 0.25) is 5.02 Å². The third-order valence-corrected chi connectivity index (χ3v) is 5.38. The summed E-state index contributed by atoms with van der Waals surface area (Å²) in [5.74, 6) is 0.182. The predicted octanol–water partition coefficient (Wildman–Crippen LogP) is 4.08. The lowest BCUT2D eigenvalue weighted by molar-refractivity contribution is 0.0953. The van der Waals surface area contributed by atoms with Crippen molar-refractivity contribution in [3.8, 4) is 11.5 Å². The number of ether oxygens (including phenoxy) is 1. The van der Waals surface area contributed by atoms with Gasteiger partial charge in [0.25, 0.3) is 15.9 Å². The Hall–Kier alpha value is -3.10. The average Bonchev–Trinajstić information content (AvgIpc) is 2.70. The van der Waals surface area contributed by atoms with E-state index >= 15 is 0 Å². The molecule has 0 aliphatic carbocycles. The molecule has 0 saturated carbocycles. The summed E-state index contributed by atoms with van der Waals surface area (Å²) in [5, 5.41) is 3.07. The van der Waals surface area contributed by atoms with Gasteiger partial charge in [-0.15, -0.1) is 0 Å². The van der Waals surface area contributed by atoms with Gasteiger partial charge >= 0.3 is 0 Å². The molecule has 1 aromatic heterocycles. The van der Waals surface area contributed by atoms with E-state index in [0.29, 0.717) is 17.3 Å². The number of halogens is 1. The summed E-state index contributed by atoms with van der Waals surface area (Å²) in [7, 11) is -3.80. The lowest BCUT2D eigenvalue weighted by atomic mass is 10.1. The van der Waals surface area contributed by atoms with E-state index in [9.17, 15) is 13.2 Å². The number of amides is 1. The molecular formula is C20H18ClN3O4S. The first-order chi connectivity index (χ1) is 13.9. The first-order valence-electron chi connectivity index (χ1n) is 8.67. The highest BCUT2D eigenvalue weighted by Crippen LogP contribution is 2.29. The highest BCUT2D eigenvalue weighted by atomic mass is 35.5. The van der Waals surface area contributed by atoms with Gasteiger partial charge in [-0.2, -0.15) is 0 Å². The number of nitrogens with zero attached hydrogens (tertiary/aromatic N) is 1. The molecule has 0 radical (unpaired) electrons. The minimum atomic E-state index is -3.80. The molecule has 7 nitrogen and oxygen atoms in total. The smallest absolute Gasteiger partial charge is 0.261 e. The summed E-state index contributed by atoms with van der Waals surface area (Å²) in [6.07, 6.45) is 2.92. The van der Waals surface area contributed by atoms with E-state index in [-0.39, 0.29) is 21.9 Å². The summed E-state index contributed by atoms with van der Waals surface area (Å²) in [5.41, 5.74) is 0.395. The molecule has 0 atom stereocenters. The maximum atomic E-state index is 12.6. The van der Waals surface area contributed by atoms with Crippen molar-refractivity contribution in [1.82, 2.24) is 10.3 Å². The second kappa shape index (κ2) is 8.93. The van der Waals surface area contributed by atoms with Crippen LogP contribution in [0.15, 0.2) is 71.9 Å². The fourth-order valence-electron chi connectivity index (χ4n) is 2.50. The summed E-state index contributed by atoms with van der Waals surface area (Å²) >= 11 is 5.92. The predicted molar refractivity (Wildman–Crippen MR) is 111 cm³/mol. The average molecular weight is 432 g/mol. The summed E-state index contributed by atoms with van der Waals surface area (Å²) < 4.78 is 33.3. The van der Waals surface area contributed by atoms with Crippen molar-refractivity contribution in [2.45, 2.75) is 11.8 Å². The number of carbonyl (C=O) groups is 1. The second-order valence-corrected chi connectivity index (χ2v) is 8.05. The first kappa shape index (κ1) is 20.6. The Bertz CT molecular complexity index is 1120. The molecule has 9 heteroatoms. The van der Waals surface area contributed by atoms with Crippen molar-refractivity contribution in [1.29, 1.82) is 0 Å². The van der Waals surface area contributed by atoms with Crippen molar-refractivity contribution >= 4 is 33.2 Å². The first-order valence-corrected chi connectivity index (χ1v) is 10.5. The molecule has 3 rings (SSSR count). The van der Waals surface area contributed by atoms with Crippen LogP contribution in [0.4, 0.5) is 5.69 Å². The minimum Gasteiger partial charge on any atom is -0.455 e. The van der Waals surface area contributed by atoms with E-state index in [1.807, 2.05) is 0 Å². The molecule has 3 aromatic rings. The molecule has 29 heavy (non-hydrogen) atoms. The second-order valence-electron chi connectivity index (χ2n) is 5.93. The van der Waals surface area contributed by atoms with Crippen molar-refractivity contribution in [2.75, 3.05) is 11.3 Å². The minimum absolute atomic E-state index is 0.116. The zero-order valence-corrected chi connectivity index (χ0v) is 17.0. The Morgan fingerprint density at radius 2 is 1.86 bits per heavy atom. The van der Waals surface area contributed by atoms with Gasteiger partial charge in [0.1, 0.15) is 11.5 Å². The van der Waals surface area contributed by atoms with Gasteiger partial charge in [0.15, 0.2) is 0 Å². The molecule has 0 fully saturated rings. The fraction of sp³-hybridized carbons (Fsp3) is 0.100. The largest absolute Gasteiger partial charge is 0.455 e. The Balaban J connectivity index is 1.94. The van der Waals surface area contributed by atoms with Crippen molar-refractivity contribution in [3.05, 3.63) is 77.6 Å². The summed E-state index contributed by atoms with van der Waals surface area (Å²) in [6, 6.07) is 13.9. The molecule has 1 amide bonds. The third-order valence-electron chi connectivity index (χ3n) is 3.77. The highest BCUT2D eigenvalue weighted by Gasteiger charge is 2.18. The van der Waals surface area contributed by atoms with E-state index in [4.69, 9.17) is 16.3 Å². The Kier molecular flexibility index (Phi) is 6.36. The van der Waals surface area contributed by atoms with E-state index in [1.54, 1.807) is 31.2 Å². The molecule has 0 bridgehead atoms. The van der Waals surface area contributed by atoms with Gasteiger partial charge in [0.2, 0.25) is 0 Å². The van der Waals surface area contributed by atoms with Crippen LogP contribution in [0.1, 0.15) is 17.3 Å². The fourth-order valence-corrected chi connectivity index (χ4v) is 3.74. The van der Waals surface area contributed by atoms with Gasteiger partial charge in [-0.3, -0.25) is 14.5 Å². The number of aromatic nitrogens is 1. The number of nitrogens with one attached hydrogen (secondary N) is 2. The number of hydrogen-bond acceptors (Lipinski definition) is 5. The molecular weight excluding hydrogens is 414 g/mol. The summed E-state index contributed by atoms with van der Waals surface area (Å²) in [6.45, 7) is 2.18. The molecule has 0 unspecified atom stereocenters. The number of anilines is 1. The Labute approximate surface area is 173 Å². The van der Waals surface area contributed by atoms with Crippen molar-refractivity contribution in [2.24, 2.45) is 0 Å². The topological polar surface area (TPSA) is 97.4 Å². The van der Waals surface area contributed by atoms with Gasteiger partial charge < -0.3 is 10.1 Å². The number of sulfonamides is 1. The Morgan fingerprint density at radius 3 is 2.55 bits per heavy atom. The quantitative estimate of drug-likeness (QED) is 0.587. The van der Waals surface area contributed by atoms with Crippen LogP contribution in [-0.4, -0.2) is 25.9 Å². The molecule has 1 heterocycles.